The molecule has 1 aliphatic heterocycles. The van der Waals surface area contributed by atoms with E-state index in [1.807, 2.05) is 24.4 Å². The number of halogens is 1. The van der Waals surface area contributed by atoms with E-state index in [-0.39, 0.29) is 24.0 Å². The predicted molar refractivity (Wildman–Crippen MR) is 140 cm³/mol. The van der Waals surface area contributed by atoms with Crippen LogP contribution in [0, 0.1) is 0 Å². The van der Waals surface area contributed by atoms with Gasteiger partial charge in [0.05, 0.1) is 12.8 Å². The Balaban J connectivity index is 0.00000363. The van der Waals surface area contributed by atoms with Crippen molar-refractivity contribution in [1.82, 2.24) is 20.5 Å². The second-order valence-corrected chi connectivity index (χ2v) is 7.55. The number of furan rings is 1. The minimum absolute atomic E-state index is 0. The molecule has 0 saturated carbocycles. The summed E-state index contributed by atoms with van der Waals surface area (Å²) >= 11 is 0. The zero-order chi connectivity index (χ0) is 21.7. The number of rotatable bonds is 11. The van der Waals surface area contributed by atoms with Crippen LogP contribution in [0.5, 0.6) is 0 Å². The molecule has 178 valence electrons. The molecule has 0 atom stereocenters. The number of aromatic nitrogens is 1. The van der Waals surface area contributed by atoms with E-state index in [1.54, 1.807) is 6.26 Å². The van der Waals surface area contributed by atoms with E-state index in [9.17, 15) is 0 Å². The second kappa shape index (κ2) is 15.1. The maximum atomic E-state index is 5.63. The number of hydrogen-bond donors (Lipinski definition) is 2. The summed E-state index contributed by atoms with van der Waals surface area (Å²) in [5, 5.41) is 6.68. The average molecular weight is 556 g/mol. The highest BCUT2D eigenvalue weighted by atomic mass is 127. The molecule has 0 radical (unpaired) electrons. The third-order valence-corrected chi connectivity index (χ3v) is 5.30. The van der Waals surface area contributed by atoms with Gasteiger partial charge in [0.2, 0.25) is 0 Å². The topological polar surface area (TPSA) is 78.2 Å². The van der Waals surface area contributed by atoms with Crippen molar-refractivity contribution in [2.24, 2.45) is 4.99 Å². The Morgan fingerprint density at radius 3 is 2.75 bits per heavy atom. The van der Waals surface area contributed by atoms with Crippen molar-refractivity contribution in [3.63, 3.8) is 0 Å². The molecule has 0 spiro atoms. The van der Waals surface area contributed by atoms with Crippen molar-refractivity contribution in [2.75, 3.05) is 57.3 Å². The van der Waals surface area contributed by atoms with E-state index < -0.39 is 0 Å². The number of nitrogens with zero attached hydrogens (tertiary/aromatic N) is 4. The number of anilines is 1. The van der Waals surface area contributed by atoms with Crippen LogP contribution in [0.3, 0.4) is 0 Å². The maximum Gasteiger partial charge on any atom is 0.191 e. The number of guanidine groups is 1. The van der Waals surface area contributed by atoms with Crippen LogP contribution in [0.2, 0.25) is 0 Å². The van der Waals surface area contributed by atoms with Gasteiger partial charge in [0, 0.05) is 52.1 Å². The highest BCUT2D eigenvalue weighted by Gasteiger charge is 2.16. The second-order valence-electron chi connectivity index (χ2n) is 7.55. The SMILES string of the molecule is CCNC(=NCc1ccnc(N2CCN(CC)CC2)c1)NCCCOCc1ccco1.I. The van der Waals surface area contributed by atoms with E-state index in [1.165, 1.54) is 5.56 Å². The number of aliphatic imine (C=N–C) groups is 1. The van der Waals surface area contributed by atoms with E-state index in [4.69, 9.17) is 14.1 Å². The molecule has 3 heterocycles. The van der Waals surface area contributed by atoms with Gasteiger partial charge in [-0.15, -0.1) is 24.0 Å². The van der Waals surface area contributed by atoms with E-state index >= 15 is 0 Å². The van der Waals surface area contributed by atoms with Crippen LogP contribution in [0.1, 0.15) is 31.6 Å². The molecule has 0 aromatic carbocycles. The van der Waals surface area contributed by atoms with Crippen molar-refractivity contribution in [3.8, 4) is 0 Å². The number of likely N-dealkylation sites (N-methyl/N-ethyl adjacent to an activating group) is 1. The molecule has 0 aliphatic carbocycles. The number of hydrogen-bond acceptors (Lipinski definition) is 6. The first kappa shape index (κ1) is 26.4. The third-order valence-electron chi connectivity index (χ3n) is 5.30. The lowest BCUT2D eigenvalue weighted by Gasteiger charge is -2.34. The summed E-state index contributed by atoms with van der Waals surface area (Å²) in [4.78, 5) is 14.2. The van der Waals surface area contributed by atoms with Gasteiger partial charge in [0.1, 0.15) is 18.2 Å². The van der Waals surface area contributed by atoms with Gasteiger partial charge in [-0.1, -0.05) is 6.92 Å². The minimum Gasteiger partial charge on any atom is -0.467 e. The highest BCUT2D eigenvalue weighted by molar-refractivity contribution is 14.0. The Labute approximate surface area is 208 Å². The van der Waals surface area contributed by atoms with Crippen LogP contribution in [0.4, 0.5) is 5.82 Å². The quantitative estimate of drug-likeness (QED) is 0.191. The fraction of sp³-hybridized carbons (Fsp3) is 0.565. The first-order chi connectivity index (χ1) is 15.3. The molecule has 8 nitrogen and oxygen atoms in total. The summed E-state index contributed by atoms with van der Waals surface area (Å²) in [7, 11) is 0. The van der Waals surface area contributed by atoms with Crippen LogP contribution in [0.25, 0.3) is 0 Å². The van der Waals surface area contributed by atoms with Crippen molar-refractivity contribution in [3.05, 3.63) is 48.0 Å². The van der Waals surface area contributed by atoms with Crippen LogP contribution >= 0.6 is 24.0 Å². The summed E-state index contributed by atoms with van der Waals surface area (Å²) in [6.45, 7) is 13.1. The van der Waals surface area contributed by atoms with Gasteiger partial charge in [-0.3, -0.25) is 0 Å². The lowest BCUT2D eigenvalue weighted by atomic mass is 10.2. The molecule has 0 unspecified atom stereocenters. The zero-order valence-electron chi connectivity index (χ0n) is 19.3. The molecule has 9 heteroatoms. The summed E-state index contributed by atoms with van der Waals surface area (Å²) in [6.07, 6.45) is 4.45. The number of ether oxygens (including phenoxy) is 1. The standard InChI is InChI=1S/C23H36N6O2.HI/c1-3-24-23(26-9-6-15-30-19-21-7-5-16-31-21)27-18-20-8-10-25-22(17-20)29-13-11-28(4-2)12-14-29;/h5,7-8,10,16-17H,3-4,6,9,11-15,18-19H2,1-2H3,(H2,24,26,27);1H. The van der Waals surface area contributed by atoms with Crippen molar-refractivity contribution in [2.45, 2.75) is 33.4 Å². The molecular formula is C23H37IN6O2. The van der Waals surface area contributed by atoms with Gasteiger partial charge >= 0.3 is 0 Å². The first-order valence-corrected chi connectivity index (χ1v) is 11.3. The fourth-order valence-electron chi connectivity index (χ4n) is 3.49. The number of nitrogens with one attached hydrogen (secondary N) is 2. The lowest BCUT2D eigenvalue weighted by Crippen LogP contribution is -2.46. The van der Waals surface area contributed by atoms with Crippen LogP contribution < -0.4 is 15.5 Å². The monoisotopic (exact) mass is 556 g/mol. The fourth-order valence-corrected chi connectivity index (χ4v) is 3.49. The van der Waals surface area contributed by atoms with Crippen molar-refractivity contribution >= 4 is 35.8 Å². The normalized spacial score (nSPS) is 14.8. The molecule has 3 rings (SSSR count). The summed E-state index contributed by atoms with van der Waals surface area (Å²) < 4.78 is 10.9. The van der Waals surface area contributed by atoms with Crippen molar-refractivity contribution < 1.29 is 9.15 Å². The lowest BCUT2D eigenvalue weighted by molar-refractivity contribution is 0.105. The van der Waals surface area contributed by atoms with Gasteiger partial charge in [0.15, 0.2) is 5.96 Å². The van der Waals surface area contributed by atoms with E-state index in [2.05, 4.69) is 45.3 Å². The summed E-state index contributed by atoms with van der Waals surface area (Å²) in [6, 6.07) is 8.00. The molecule has 0 bridgehead atoms. The Hall–Kier alpha value is -1.85. The molecule has 2 N–H and O–H groups in total. The van der Waals surface area contributed by atoms with Crippen LogP contribution in [-0.4, -0.2) is 68.3 Å². The van der Waals surface area contributed by atoms with Crippen molar-refractivity contribution in [1.29, 1.82) is 0 Å². The zero-order valence-corrected chi connectivity index (χ0v) is 21.6. The Morgan fingerprint density at radius 1 is 1.19 bits per heavy atom. The van der Waals surface area contributed by atoms with Gasteiger partial charge < -0.3 is 29.6 Å². The van der Waals surface area contributed by atoms with Gasteiger partial charge in [-0.2, -0.15) is 0 Å². The molecule has 32 heavy (non-hydrogen) atoms. The molecule has 2 aromatic rings. The molecule has 1 saturated heterocycles. The highest BCUT2D eigenvalue weighted by Crippen LogP contribution is 2.15. The number of pyridine rings is 1. The van der Waals surface area contributed by atoms with Gasteiger partial charge in [0.25, 0.3) is 0 Å². The largest absolute Gasteiger partial charge is 0.467 e. The molecule has 1 aliphatic rings. The summed E-state index contributed by atoms with van der Waals surface area (Å²) in [5.41, 5.74) is 1.17. The molecule has 0 amide bonds. The van der Waals surface area contributed by atoms with Crippen LogP contribution in [0.15, 0.2) is 46.1 Å². The minimum atomic E-state index is 0. The third kappa shape index (κ3) is 8.95. The molecular weight excluding hydrogens is 519 g/mol. The Morgan fingerprint density at radius 2 is 2.03 bits per heavy atom. The average Bonchev–Trinajstić information content (AvgIpc) is 3.33. The maximum absolute atomic E-state index is 5.63. The number of piperazine rings is 1. The first-order valence-electron chi connectivity index (χ1n) is 11.3. The summed E-state index contributed by atoms with van der Waals surface area (Å²) in [5.74, 6) is 2.73. The Bertz CT molecular complexity index is 779. The molecule has 1 fully saturated rings. The Kier molecular flexibility index (Phi) is 12.4. The smallest absolute Gasteiger partial charge is 0.191 e. The van der Waals surface area contributed by atoms with Gasteiger partial charge in [-0.05, 0) is 49.7 Å². The van der Waals surface area contributed by atoms with E-state index in [0.717, 1.165) is 69.8 Å². The van der Waals surface area contributed by atoms with E-state index in [0.29, 0.717) is 19.8 Å². The predicted octanol–water partition coefficient (Wildman–Crippen LogP) is 3.10. The molecule has 2 aromatic heterocycles. The van der Waals surface area contributed by atoms with Gasteiger partial charge in [-0.25, -0.2) is 9.98 Å². The van der Waals surface area contributed by atoms with Crippen LogP contribution in [-0.2, 0) is 17.9 Å².